The minimum absolute atomic E-state index is 0.209. The third-order valence-corrected chi connectivity index (χ3v) is 4.94. The van der Waals surface area contributed by atoms with Crippen LogP contribution in [0.1, 0.15) is 40.2 Å². The average molecular weight is 399 g/mol. The number of pyridine rings is 2. The number of nitrogens with zero attached hydrogens (tertiary/aromatic N) is 3. The fourth-order valence-corrected chi connectivity index (χ4v) is 3.07. The van der Waals surface area contributed by atoms with E-state index in [2.05, 4.69) is 15.1 Å². The van der Waals surface area contributed by atoms with Crippen LogP contribution in [0.3, 0.4) is 0 Å². The smallest absolute Gasteiger partial charge is 0.250 e. The molecule has 3 heterocycles. The quantitative estimate of drug-likeness (QED) is 0.650. The van der Waals surface area contributed by atoms with Crippen LogP contribution in [0.2, 0.25) is 5.02 Å². The molecule has 28 heavy (non-hydrogen) atoms. The van der Waals surface area contributed by atoms with Gasteiger partial charge in [0.25, 0.3) is 5.91 Å². The molecule has 2 N–H and O–H groups in total. The summed E-state index contributed by atoms with van der Waals surface area (Å²) in [4.78, 5) is 20.4. The van der Waals surface area contributed by atoms with Gasteiger partial charge >= 0.3 is 0 Å². The van der Waals surface area contributed by atoms with Crippen LogP contribution < -0.4 is 10.5 Å². The molecular weight excluding hydrogens is 380 g/mol. The normalized spacial score (nSPS) is 13.5. The molecule has 0 unspecified atom stereocenters. The molecule has 1 aliphatic carbocycles. The van der Waals surface area contributed by atoms with Gasteiger partial charge < -0.3 is 15.0 Å². The molecule has 1 aliphatic rings. The lowest BCUT2D eigenvalue weighted by Gasteiger charge is -2.10. The number of aryl methyl sites for hydroxylation is 1. The number of hydrogen-bond acceptors (Lipinski definition) is 6. The van der Waals surface area contributed by atoms with Crippen molar-refractivity contribution in [2.24, 2.45) is 11.7 Å². The van der Waals surface area contributed by atoms with E-state index in [0.29, 0.717) is 45.2 Å². The molecule has 0 spiro atoms. The average Bonchev–Trinajstić information content (AvgIpc) is 3.41. The van der Waals surface area contributed by atoms with Crippen LogP contribution in [0.4, 0.5) is 0 Å². The van der Waals surface area contributed by atoms with E-state index in [9.17, 15) is 4.79 Å². The van der Waals surface area contributed by atoms with Crippen LogP contribution >= 0.6 is 11.6 Å². The number of ether oxygens (including phenoxy) is 1. The molecule has 0 radical (unpaired) electrons. The van der Waals surface area contributed by atoms with Crippen molar-refractivity contribution in [3.63, 3.8) is 0 Å². The number of hydrogen-bond donors (Lipinski definition) is 1. The molecule has 0 aliphatic heterocycles. The van der Waals surface area contributed by atoms with Crippen molar-refractivity contribution in [2.75, 3.05) is 0 Å². The number of carbonyl (C=O) groups excluding carboxylic acids is 1. The number of amides is 1. The van der Waals surface area contributed by atoms with Crippen LogP contribution in [-0.2, 0) is 13.0 Å². The molecule has 8 heteroatoms. The van der Waals surface area contributed by atoms with Gasteiger partial charge in [-0.25, -0.2) is 4.98 Å². The van der Waals surface area contributed by atoms with Crippen LogP contribution in [0.5, 0.6) is 5.88 Å². The summed E-state index contributed by atoms with van der Waals surface area (Å²) in [6, 6.07) is 6.84. The van der Waals surface area contributed by atoms with Gasteiger partial charge in [0, 0.05) is 12.3 Å². The van der Waals surface area contributed by atoms with Gasteiger partial charge in [-0.15, -0.1) is 0 Å². The van der Waals surface area contributed by atoms with Gasteiger partial charge in [0.2, 0.25) is 5.88 Å². The van der Waals surface area contributed by atoms with E-state index < -0.39 is 5.91 Å². The van der Waals surface area contributed by atoms with Crippen LogP contribution in [0.15, 0.2) is 35.0 Å². The molecule has 4 rings (SSSR count). The Bertz CT molecular complexity index is 1010. The summed E-state index contributed by atoms with van der Waals surface area (Å²) in [5.41, 5.74) is 8.63. The van der Waals surface area contributed by atoms with Crippen molar-refractivity contribution in [1.29, 1.82) is 0 Å². The highest BCUT2D eigenvalue weighted by Gasteiger charge is 2.25. The van der Waals surface area contributed by atoms with Crippen LogP contribution in [0, 0.1) is 12.8 Å². The maximum atomic E-state index is 11.7. The lowest BCUT2D eigenvalue weighted by atomic mass is 10.1. The van der Waals surface area contributed by atoms with Crippen molar-refractivity contribution in [3.05, 3.63) is 58.1 Å². The fourth-order valence-electron chi connectivity index (χ4n) is 2.96. The topological polar surface area (TPSA) is 104 Å². The van der Waals surface area contributed by atoms with Gasteiger partial charge in [-0.3, -0.25) is 9.78 Å². The molecule has 0 saturated heterocycles. The lowest BCUT2D eigenvalue weighted by molar-refractivity contribution is 0.0998. The third-order valence-electron chi connectivity index (χ3n) is 4.71. The first-order chi connectivity index (χ1) is 13.5. The Morgan fingerprint density at radius 2 is 2.14 bits per heavy atom. The van der Waals surface area contributed by atoms with Crippen molar-refractivity contribution < 1.29 is 14.1 Å². The first kappa shape index (κ1) is 18.4. The summed E-state index contributed by atoms with van der Waals surface area (Å²) >= 11 is 5.90. The molecule has 1 saturated carbocycles. The van der Waals surface area contributed by atoms with Gasteiger partial charge in [-0.2, -0.15) is 0 Å². The van der Waals surface area contributed by atoms with Gasteiger partial charge in [0.1, 0.15) is 18.1 Å². The Hall–Kier alpha value is -2.93. The first-order valence-electron chi connectivity index (χ1n) is 9.01. The van der Waals surface area contributed by atoms with E-state index >= 15 is 0 Å². The largest absolute Gasteiger partial charge is 0.473 e. The Kier molecular flexibility index (Phi) is 5.00. The summed E-state index contributed by atoms with van der Waals surface area (Å²) in [5.74, 6) is 1.17. The molecule has 1 fully saturated rings. The highest BCUT2D eigenvalue weighted by molar-refractivity contribution is 6.30. The number of carbonyl (C=O) groups is 1. The monoisotopic (exact) mass is 398 g/mol. The zero-order valence-corrected chi connectivity index (χ0v) is 16.1. The van der Waals surface area contributed by atoms with Crippen molar-refractivity contribution >= 4 is 17.5 Å². The maximum Gasteiger partial charge on any atom is 0.250 e. The van der Waals surface area contributed by atoms with Crippen LogP contribution in [-0.4, -0.2) is 21.0 Å². The highest BCUT2D eigenvalue weighted by Crippen LogP contribution is 2.33. The third kappa shape index (κ3) is 3.99. The predicted octanol–water partition coefficient (Wildman–Crippen LogP) is 3.72. The molecule has 0 atom stereocenters. The Morgan fingerprint density at radius 1 is 1.32 bits per heavy atom. The Morgan fingerprint density at radius 3 is 2.82 bits per heavy atom. The molecule has 0 aromatic carbocycles. The second-order valence-corrected chi connectivity index (χ2v) is 7.31. The van der Waals surface area contributed by atoms with E-state index in [4.69, 9.17) is 26.6 Å². The van der Waals surface area contributed by atoms with Gasteiger partial charge in [0.15, 0.2) is 0 Å². The van der Waals surface area contributed by atoms with Gasteiger partial charge in [-0.05, 0) is 50.3 Å². The standard InChI is InChI=1S/C20H19ClN4O3/c1-11-15(19(25-28-11)16-6-4-13(21)9-23-16)10-27-18-7-5-14(20(22)26)17(24-18)8-12-2-3-12/h4-7,9,12H,2-3,8,10H2,1H3,(H2,22,26). The molecule has 3 aromatic rings. The summed E-state index contributed by atoms with van der Waals surface area (Å²) in [6.45, 7) is 2.02. The van der Waals surface area contributed by atoms with Crippen LogP contribution in [0.25, 0.3) is 11.4 Å². The lowest BCUT2D eigenvalue weighted by Crippen LogP contribution is -2.15. The molecule has 1 amide bonds. The summed E-state index contributed by atoms with van der Waals surface area (Å²) in [7, 11) is 0. The van der Waals surface area contributed by atoms with E-state index in [1.807, 2.05) is 6.92 Å². The SMILES string of the molecule is Cc1onc(-c2ccc(Cl)cn2)c1COc1ccc(C(N)=O)c(CC2CC2)n1. The summed E-state index contributed by atoms with van der Waals surface area (Å²) < 4.78 is 11.2. The van der Waals surface area contributed by atoms with Crippen molar-refractivity contribution in [2.45, 2.75) is 32.8 Å². The van der Waals surface area contributed by atoms with Gasteiger partial charge in [0.05, 0.1) is 27.5 Å². The number of halogens is 1. The van der Waals surface area contributed by atoms with E-state index in [1.165, 1.54) is 0 Å². The van der Waals surface area contributed by atoms with E-state index in [-0.39, 0.29) is 6.61 Å². The predicted molar refractivity (Wildman–Crippen MR) is 103 cm³/mol. The second-order valence-electron chi connectivity index (χ2n) is 6.87. The summed E-state index contributed by atoms with van der Waals surface area (Å²) in [5, 5.41) is 4.63. The molecule has 144 valence electrons. The van der Waals surface area contributed by atoms with Crippen molar-refractivity contribution in [3.8, 4) is 17.3 Å². The molecule has 7 nitrogen and oxygen atoms in total. The Labute approximate surface area is 166 Å². The number of aromatic nitrogens is 3. The number of rotatable bonds is 7. The Balaban J connectivity index is 1.55. The van der Waals surface area contributed by atoms with E-state index in [0.717, 1.165) is 24.8 Å². The fraction of sp³-hybridized carbons (Fsp3) is 0.300. The molecule has 0 bridgehead atoms. The number of nitrogens with two attached hydrogens (primary N) is 1. The minimum Gasteiger partial charge on any atom is -0.473 e. The van der Waals surface area contributed by atoms with Gasteiger partial charge in [-0.1, -0.05) is 16.8 Å². The minimum atomic E-state index is -0.472. The maximum absolute atomic E-state index is 11.7. The highest BCUT2D eigenvalue weighted by atomic mass is 35.5. The summed E-state index contributed by atoms with van der Waals surface area (Å²) in [6.07, 6.45) is 4.60. The van der Waals surface area contributed by atoms with E-state index in [1.54, 1.807) is 30.5 Å². The molecule has 3 aromatic heterocycles. The second kappa shape index (κ2) is 7.59. The number of primary amides is 1. The zero-order valence-electron chi connectivity index (χ0n) is 15.3. The molecular formula is C20H19ClN4O3. The first-order valence-corrected chi connectivity index (χ1v) is 9.38. The zero-order chi connectivity index (χ0) is 19.7. The van der Waals surface area contributed by atoms with Crippen molar-refractivity contribution in [1.82, 2.24) is 15.1 Å².